The van der Waals surface area contributed by atoms with Crippen LogP contribution in [0.1, 0.15) is 0 Å². The van der Waals surface area contributed by atoms with Crippen LogP contribution in [-0.4, -0.2) is 42.3 Å². The molecule has 0 atom stereocenters. The molecule has 1 heterocycles. The fraction of sp³-hybridized carbons (Fsp3) is 0. The number of carbonyl (C=O) groups excluding carboxylic acids is 1. The predicted molar refractivity (Wildman–Crippen MR) is 59.2 cm³/mol. The molecule has 21 heavy (non-hydrogen) atoms. The number of hydrogen-bond donors (Lipinski definition) is 3. The van der Waals surface area contributed by atoms with Gasteiger partial charge in [0.05, 0.1) is 6.20 Å². The molecule has 0 saturated carbocycles. The van der Waals surface area contributed by atoms with Gasteiger partial charge in [-0.05, 0) is 12.1 Å². The molecule has 13 nitrogen and oxygen atoms in total. The quantitative estimate of drug-likeness (QED) is 0.275. The summed E-state index contributed by atoms with van der Waals surface area (Å²) in [6, 6.07) is 3.09. The molecule has 1 rings (SSSR count). The topological polar surface area (TPSA) is 196 Å². The molecular weight excluding hydrogens is 342 g/mol. The number of pyridine rings is 1. The van der Waals surface area contributed by atoms with Crippen LogP contribution in [0.2, 0.25) is 0 Å². The number of hydrogen-bond acceptors (Lipinski definition) is 11. The van der Waals surface area contributed by atoms with Crippen molar-refractivity contribution in [3.63, 3.8) is 0 Å². The zero-order chi connectivity index (χ0) is 16.5. The van der Waals surface area contributed by atoms with Gasteiger partial charge in [0, 0.05) is 6.20 Å². The first-order chi connectivity index (χ1) is 9.53. The summed E-state index contributed by atoms with van der Waals surface area (Å²) in [7, 11) is -10.0. The Labute approximate surface area is 117 Å². The number of ether oxygens (including phenoxy) is 1. The molecule has 1 aromatic rings. The van der Waals surface area contributed by atoms with Gasteiger partial charge in [-0.15, -0.1) is 0 Å². The summed E-state index contributed by atoms with van der Waals surface area (Å²) in [5.74, 6) is 0.214. The number of carbonyl (C=O) groups is 1. The van der Waals surface area contributed by atoms with Gasteiger partial charge in [0.15, 0.2) is 5.75 Å². The van der Waals surface area contributed by atoms with E-state index in [2.05, 4.69) is 23.3 Å². The lowest BCUT2D eigenvalue weighted by Crippen LogP contribution is -2.10. The van der Waals surface area contributed by atoms with Crippen molar-refractivity contribution in [3.05, 3.63) is 24.5 Å². The Morgan fingerprint density at radius 2 is 1.62 bits per heavy atom. The molecule has 3 N–H and O–H groups in total. The highest BCUT2D eigenvalue weighted by Crippen LogP contribution is 2.06. The van der Waals surface area contributed by atoms with Crippen LogP contribution in [0.5, 0.6) is 5.75 Å². The third-order valence-corrected chi connectivity index (χ3v) is 1.68. The van der Waals surface area contributed by atoms with Gasteiger partial charge in [0.2, 0.25) is 0 Å². The van der Waals surface area contributed by atoms with Gasteiger partial charge in [-0.25, -0.2) is 4.79 Å². The van der Waals surface area contributed by atoms with Crippen LogP contribution in [0, 0.1) is 0 Å². The Balaban J connectivity index is 0.000000384. The van der Waals surface area contributed by atoms with Crippen molar-refractivity contribution in [3.8, 4) is 5.75 Å². The minimum absolute atomic E-state index is 0.214. The van der Waals surface area contributed by atoms with Gasteiger partial charge in [-0.3, -0.25) is 19.0 Å². The average molecular weight is 349 g/mol. The maximum Gasteiger partial charge on any atom is 0.545 e. The maximum absolute atomic E-state index is 10.3. The van der Waals surface area contributed by atoms with Crippen LogP contribution in [0.4, 0.5) is 4.79 Å². The SMILES string of the molecule is O=C(OO)Oc1cccnc1.O=S(=O)(O)OOS(=O)(=O)O. The van der Waals surface area contributed by atoms with Crippen molar-refractivity contribution in [2.75, 3.05) is 0 Å². The smallest absolute Gasteiger partial charge is 0.391 e. The van der Waals surface area contributed by atoms with Gasteiger partial charge in [0.1, 0.15) is 0 Å². The van der Waals surface area contributed by atoms with E-state index in [9.17, 15) is 21.6 Å². The highest BCUT2D eigenvalue weighted by molar-refractivity contribution is 7.83. The van der Waals surface area contributed by atoms with E-state index in [1.807, 2.05) is 0 Å². The Hall–Kier alpha value is -1.88. The maximum atomic E-state index is 10.3. The van der Waals surface area contributed by atoms with Crippen LogP contribution in [-0.2, 0) is 34.4 Å². The second-order valence-electron chi connectivity index (χ2n) is 2.62. The minimum Gasteiger partial charge on any atom is -0.391 e. The summed E-state index contributed by atoms with van der Waals surface area (Å²) in [6.45, 7) is 0. The first kappa shape index (κ1) is 19.1. The molecule has 0 aromatic carbocycles. The van der Waals surface area contributed by atoms with Crippen molar-refractivity contribution in [2.24, 2.45) is 0 Å². The fourth-order valence-corrected chi connectivity index (χ4v) is 1.15. The summed E-state index contributed by atoms with van der Waals surface area (Å²) in [5, 5.41) is 7.80. The summed E-state index contributed by atoms with van der Waals surface area (Å²) in [5.41, 5.74) is 0. The van der Waals surface area contributed by atoms with Gasteiger partial charge in [-0.2, -0.15) is 22.1 Å². The first-order valence-corrected chi connectivity index (χ1v) is 7.02. The van der Waals surface area contributed by atoms with E-state index in [1.165, 1.54) is 18.5 Å². The summed E-state index contributed by atoms with van der Waals surface area (Å²) < 4.78 is 63.3. The van der Waals surface area contributed by atoms with Gasteiger partial charge in [0.25, 0.3) is 0 Å². The highest BCUT2D eigenvalue weighted by atomic mass is 32.3. The van der Waals surface area contributed by atoms with E-state index in [0.29, 0.717) is 0 Å². The van der Waals surface area contributed by atoms with Crippen LogP contribution < -0.4 is 4.74 Å². The first-order valence-electron chi connectivity index (χ1n) is 4.29. The van der Waals surface area contributed by atoms with E-state index in [4.69, 9.17) is 14.4 Å². The van der Waals surface area contributed by atoms with Crippen molar-refractivity contribution in [1.82, 2.24) is 4.98 Å². The van der Waals surface area contributed by atoms with E-state index < -0.39 is 27.0 Å². The van der Waals surface area contributed by atoms with Crippen molar-refractivity contribution >= 4 is 27.0 Å². The molecule has 0 fully saturated rings. The molecule has 0 spiro atoms. The van der Waals surface area contributed by atoms with Crippen molar-refractivity contribution in [2.45, 2.75) is 0 Å². The fourth-order valence-electron chi connectivity index (χ4n) is 0.593. The molecule has 0 bridgehead atoms. The van der Waals surface area contributed by atoms with Gasteiger partial charge < -0.3 is 4.74 Å². The van der Waals surface area contributed by atoms with E-state index in [0.717, 1.165) is 0 Å². The zero-order valence-electron chi connectivity index (χ0n) is 9.59. The number of nitrogens with zero attached hydrogens (tertiary/aromatic N) is 1. The Morgan fingerprint density at radius 1 is 1.10 bits per heavy atom. The van der Waals surface area contributed by atoms with Crippen LogP contribution in [0.25, 0.3) is 0 Å². The minimum atomic E-state index is -5.02. The molecule has 0 aliphatic carbocycles. The molecule has 1 aromatic heterocycles. The Bertz CT molecular complexity index is 606. The second kappa shape index (κ2) is 8.42. The predicted octanol–water partition coefficient (Wildman–Crippen LogP) is -0.390. The van der Waals surface area contributed by atoms with E-state index in [-0.39, 0.29) is 5.75 Å². The lowest BCUT2D eigenvalue weighted by atomic mass is 10.5. The van der Waals surface area contributed by atoms with Crippen molar-refractivity contribution < 1.29 is 54.3 Å². The largest absolute Gasteiger partial charge is 0.545 e. The normalized spacial score (nSPS) is 11.0. The average Bonchev–Trinajstić information content (AvgIpc) is 2.37. The summed E-state index contributed by atoms with van der Waals surface area (Å²) in [4.78, 5) is 17.2. The van der Waals surface area contributed by atoms with Gasteiger partial charge in [-0.1, -0.05) is 8.67 Å². The lowest BCUT2D eigenvalue weighted by molar-refractivity contribution is -0.191. The van der Waals surface area contributed by atoms with Crippen LogP contribution >= 0.6 is 0 Å². The molecule has 0 saturated heterocycles. The number of aromatic nitrogens is 1. The molecule has 120 valence electrons. The molecule has 0 aliphatic heterocycles. The molecular formula is C6H7NO12S2. The third-order valence-electron chi connectivity index (χ3n) is 1.11. The Morgan fingerprint density at radius 3 is 1.95 bits per heavy atom. The molecule has 15 heteroatoms. The third kappa shape index (κ3) is 12.9. The molecule has 0 aliphatic rings. The second-order valence-corrected chi connectivity index (χ2v) is 4.61. The monoisotopic (exact) mass is 349 g/mol. The van der Waals surface area contributed by atoms with E-state index >= 15 is 0 Å². The molecule has 0 unspecified atom stereocenters. The van der Waals surface area contributed by atoms with Crippen molar-refractivity contribution in [1.29, 1.82) is 0 Å². The standard InChI is InChI=1S/C6H5NO4.H2O8S2/c8-6(11-9)10-5-2-1-3-7-4-5;1-9(2,3)7-8-10(4,5)6/h1-4,9H;(H,1,2,3)(H,4,5,6). The van der Waals surface area contributed by atoms with E-state index in [1.54, 1.807) is 6.07 Å². The molecule has 0 amide bonds. The Kier molecular flexibility index (Phi) is 7.66. The zero-order valence-corrected chi connectivity index (χ0v) is 11.2. The highest BCUT2D eigenvalue weighted by Gasteiger charge is 2.13. The van der Waals surface area contributed by atoms with Gasteiger partial charge >= 0.3 is 27.0 Å². The summed E-state index contributed by atoms with van der Waals surface area (Å²) in [6.07, 6.45) is 1.66. The van der Waals surface area contributed by atoms with Crippen LogP contribution in [0.3, 0.4) is 0 Å². The summed E-state index contributed by atoms with van der Waals surface area (Å²) >= 11 is 0. The number of rotatable bonds is 4. The molecule has 0 radical (unpaired) electrons. The lowest BCUT2D eigenvalue weighted by Gasteiger charge is -1.97. The van der Waals surface area contributed by atoms with Crippen LogP contribution in [0.15, 0.2) is 24.5 Å².